The van der Waals surface area contributed by atoms with Gasteiger partial charge >= 0.3 is 11.9 Å². The summed E-state index contributed by atoms with van der Waals surface area (Å²) in [4.78, 5) is 20.7. The van der Waals surface area contributed by atoms with E-state index in [2.05, 4.69) is 0 Å². The molecule has 0 radical (unpaired) electrons. The second-order valence-electron chi connectivity index (χ2n) is 3.57. The number of hydrogen-bond donors (Lipinski definition) is 2. The van der Waals surface area contributed by atoms with Crippen LogP contribution < -0.4 is 0 Å². The lowest BCUT2D eigenvalue weighted by atomic mass is 10.2. The molecule has 0 saturated carbocycles. The first-order chi connectivity index (χ1) is 9.43. The first kappa shape index (κ1) is 16.0. The number of carboxylic acid groups (broad SMARTS) is 2. The number of carboxylic acids is 2. The van der Waals surface area contributed by atoms with E-state index in [-0.39, 0.29) is 15.6 Å². The lowest BCUT2D eigenvalue weighted by molar-refractivity contribution is 0.0686. The fraction of sp³-hybridized carbons (Fsp3) is 0. The Hall–Kier alpha value is -2.04. The average Bonchev–Trinajstić information content (AvgIpc) is 2.40. The summed E-state index contributed by atoms with van der Waals surface area (Å²) < 4.78 is 0. The molecule has 0 aliphatic carbocycles. The smallest absolute Gasteiger partial charge is 0.338 e. The van der Waals surface area contributed by atoms with E-state index >= 15 is 0 Å². The van der Waals surface area contributed by atoms with Gasteiger partial charge in [-0.05, 0) is 24.3 Å². The van der Waals surface area contributed by atoms with Crippen molar-refractivity contribution in [1.29, 1.82) is 0 Å². The third-order valence-corrected chi connectivity index (χ3v) is 2.83. The highest BCUT2D eigenvalue weighted by Gasteiger charge is 2.11. The summed E-state index contributed by atoms with van der Waals surface area (Å²) in [5.74, 6) is -1.99. The monoisotopic (exact) mass is 312 g/mol. The fourth-order valence-electron chi connectivity index (χ4n) is 1.28. The quantitative estimate of drug-likeness (QED) is 0.876. The molecule has 2 aromatic carbocycles. The predicted molar refractivity (Wildman–Crippen MR) is 76.8 cm³/mol. The lowest BCUT2D eigenvalue weighted by Gasteiger charge is -1.98. The van der Waals surface area contributed by atoms with Crippen LogP contribution in [-0.2, 0) is 0 Å². The van der Waals surface area contributed by atoms with E-state index in [9.17, 15) is 9.59 Å². The molecule has 20 heavy (non-hydrogen) atoms. The molecule has 0 spiro atoms. The van der Waals surface area contributed by atoms with Gasteiger partial charge in [-0.1, -0.05) is 47.5 Å². The van der Waals surface area contributed by atoms with Gasteiger partial charge in [0, 0.05) is 0 Å². The number of benzene rings is 2. The summed E-state index contributed by atoms with van der Waals surface area (Å²) in [6, 6.07) is 12.9. The molecule has 0 fully saturated rings. The molecule has 0 atom stereocenters. The zero-order valence-corrected chi connectivity index (χ0v) is 11.6. The maximum absolute atomic E-state index is 10.5. The molecule has 0 aliphatic heterocycles. The Kier molecular flexibility index (Phi) is 6.03. The molecule has 2 aromatic rings. The number of halogens is 2. The molecule has 4 nitrogen and oxygen atoms in total. The van der Waals surface area contributed by atoms with E-state index in [0.29, 0.717) is 5.56 Å². The number of carbonyl (C=O) groups is 2. The fourth-order valence-corrected chi connectivity index (χ4v) is 1.84. The third kappa shape index (κ3) is 4.57. The van der Waals surface area contributed by atoms with Gasteiger partial charge in [0.05, 0.1) is 21.2 Å². The second kappa shape index (κ2) is 7.53. The Morgan fingerprint density at radius 2 is 1.25 bits per heavy atom. The van der Waals surface area contributed by atoms with Crippen molar-refractivity contribution >= 4 is 35.1 Å². The van der Waals surface area contributed by atoms with E-state index < -0.39 is 11.9 Å². The lowest BCUT2D eigenvalue weighted by Crippen LogP contribution is -1.97. The van der Waals surface area contributed by atoms with Crippen molar-refractivity contribution in [3.8, 4) is 0 Å². The Balaban J connectivity index is 0.000000204. The van der Waals surface area contributed by atoms with Gasteiger partial charge in [-0.25, -0.2) is 9.59 Å². The van der Waals surface area contributed by atoms with E-state index in [1.165, 1.54) is 12.1 Å². The van der Waals surface area contributed by atoms with Gasteiger partial charge in [0.1, 0.15) is 0 Å². The highest BCUT2D eigenvalue weighted by molar-refractivity contribution is 6.39. The summed E-state index contributed by atoms with van der Waals surface area (Å²) in [7, 11) is 0. The van der Waals surface area contributed by atoms with Crippen molar-refractivity contribution in [3.63, 3.8) is 0 Å². The van der Waals surface area contributed by atoms with Crippen LogP contribution in [0.3, 0.4) is 0 Å². The zero-order valence-electron chi connectivity index (χ0n) is 10.1. The molecule has 0 unspecified atom stereocenters. The Morgan fingerprint density at radius 3 is 1.55 bits per heavy atom. The van der Waals surface area contributed by atoms with Crippen molar-refractivity contribution in [2.75, 3.05) is 0 Å². The third-order valence-electron chi connectivity index (χ3n) is 2.20. The van der Waals surface area contributed by atoms with Crippen molar-refractivity contribution in [2.24, 2.45) is 0 Å². The van der Waals surface area contributed by atoms with Crippen LogP contribution in [0.5, 0.6) is 0 Å². The van der Waals surface area contributed by atoms with Crippen LogP contribution in [-0.4, -0.2) is 22.2 Å². The molecule has 0 heterocycles. The molecule has 0 aliphatic rings. The molecule has 0 saturated heterocycles. The van der Waals surface area contributed by atoms with Crippen molar-refractivity contribution in [2.45, 2.75) is 0 Å². The van der Waals surface area contributed by atoms with Crippen molar-refractivity contribution < 1.29 is 19.8 Å². The normalized spacial score (nSPS) is 9.30. The van der Waals surface area contributed by atoms with Crippen molar-refractivity contribution in [3.05, 3.63) is 69.7 Å². The summed E-state index contributed by atoms with van der Waals surface area (Å²) in [6.07, 6.45) is 0. The van der Waals surface area contributed by atoms with Crippen LogP contribution in [0.25, 0.3) is 0 Å². The van der Waals surface area contributed by atoms with Gasteiger partial charge in [0.2, 0.25) is 0 Å². The van der Waals surface area contributed by atoms with E-state index in [1.807, 2.05) is 0 Å². The molecule has 0 aromatic heterocycles. The number of rotatable bonds is 2. The maximum Gasteiger partial charge on any atom is 0.338 e. The van der Waals surface area contributed by atoms with E-state index in [1.54, 1.807) is 36.4 Å². The van der Waals surface area contributed by atoms with Gasteiger partial charge in [-0.2, -0.15) is 0 Å². The topological polar surface area (TPSA) is 74.6 Å². The van der Waals surface area contributed by atoms with Gasteiger partial charge in [-0.3, -0.25) is 0 Å². The number of aromatic carboxylic acids is 2. The van der Waals surface area contributed by atoms with Crippen LogP contribution in [0.4, 0.5) is 0 Å². The zero-order chi connectivity index (χ0) is 15.1. The molecule has 0 amide bonds. The Morgan fingerprint density at radius 1 is 0.750 bits per heavy atom. The van der Waals surface area contributed by atoms with Crippen LogP contribution in [0, 0.1) is 0 Å². The standard InChI is InChI=1S/C7H4Cl2O2.C7H6O2/c8-4-2-1-3-5(9)6(4)7(10)11;8-7(9)6-4-2-1-3-5-6/h1-3H,(H,10,11);1-5H,(H,8,9). The Bertz CT molecular complexity index is 592. The summed E-state index contributed by atoms with van der Waals surface area (Å²) in [5.41, 5.74) is 0.285. The molecule has 2 rings (SSSR count). The Labute approximate surface area is 125 Å². The van der Waals surface area contributed by atoms with Crippen LogP contribution in [0.2, 0.25) is 10.0 Å². The summed E-state index contributed by atoms with van der Waals surface area (Å²) in [6.45, 7) is 0. The minimum absolute atomic E-state index is 0.0455. The first-order valence-corrected chi connectivity index (χ1v) is 6.14. The van der Waals surface area contributed by atoms with E-state index in [0.717, 1.165) is 0 Å². The highest BCUT2D eigenvalue weighted by atomic mass is 35.5. The maximum atomic E-state index is 10.5. The number of hydrogen-bond acceptors (Lipinski definition) is 2. The molecular weight excluding hydrogens is 303 g/mol. The molecular formula is C14H10Cl2O4. The summed E-state index contributed by atoms with van der Waals surface area (Å²) in [5, 5.41) is 17.3. The molecule has 0 bridgehead atoms. The second-order valence-corrected chi connectivity index (χ2v) is 4.39. The highest BCUT2D eigenvalue weighted by Crippen LogP contribution is 2.23. The van der Waals surface area contributed by atoms with Crippen LogP contribution in [0.1, 0.15) is 20.7 Å². The van der Waals surface area contributed by atoms with Gasteiger partial charge in [0.15, 0.2) is 0 Å². The summed E-state index contributed by atoms with van der Waals surface area (Å²) >= 11 is 11.1. The predicted octanol–water partition coefficient (Wildman–Crippen LogP) is 4.08. The molecule has 2 N–H and O–H groups in total. The van der Waals surface area contributed by atoms with Gasteiger partial charge < -0.3 is 10.2 Å². The van der Waals surface area contributed by atoms with Gasteiger partial charge in [-0.15, -0.1) is 0 Å². The largest absolute Gasteiger partial charge is 0.478 e. The first-order valence-electron chi connectivity index (χ1n) is 5.39. The van der Waals surface area contributed by atoms with Crippen molar-refractivity contribution in [1.82, 2.24) is 0 Å². The SMILES string of the molecule is O=C(O)c1c(Cl)cccc1Cl.O=C(O)c1ccccc1. The molecule has 104 valence electrons. The average molecular weight is 313 g/mol. The van der Waals surface area contributed by atoms with Gasteiger partial charge in [0.25, 0.3) is 0 Å². The van der Waals surface area contributed by atoms with Crippen LogP contribution in [0.15, 0.2) is 48.5 Å². The van der Waals surface area contributed by atoms with Crippen LogP contribution >= 0.6 is 23.2 Å². The minimum Gasteiger partial charge on any atom is -0.478 e. The minimum atomic E-state index is -1.11. The molecule has 6 heteroatoms. The van der Waals surface area contributed by atoms with E-state index in [4.69, 9.17) is 33.4 Å².